The fraction of sp³-hybridized carbons (Fsp3) is 0.900. The average molecular weight is 191 g/mol. The standard InChI is InChI=1S/C10H19ClO/c1-3-4-5-6-9(2)7-8-10(11)12/h9H,3-8H2,1-2H3/t9-/m0/s1. The average Bonchev–Trinajstić information content (AvgIpc) is 2.01. The van der Waals surface area contributed by atoms with Gasteiger partial charge in [0, 0.05) is 6.42 Å². The lowest BCUT2D eigenvalue weighted by atomic mass is 9.99. The largest absolute Gasteiger partial charge is 0.281 e. The molecule has 0 aliphatic rings. The first kappa shape index (κ1) is 12.0. The minimum Gasteiger partial charge on any atom is -0.281 e. The highest BCUT2D eigenvalue weighted by Gasteiger charge is 2.03. The summed E-state index contributed by atoms with van der Waals surface area (Å²) in [7, 11) is 0. The van der Waals surface area contributed by atoms with Crippen molar-refractivity contribution in [2.45, 2.75) is 52.4 Å². The molecule has 1 atom stereocenters. The first-order valence-electron chi connectivity index (χ1n) is 4.85. The van der Waals surface area contributed by atoms with Crippen molar-refractivity contribution in [3.8, 4) is 0 Å². The smallest absolute Gasteiger partial charge is 0.221 e. The topological polar surface area (TPSA) is 17.1 Å². The van der Waals surface area contributed by atoms with Gasteiger partial charge in [-0.15, -0.1) is 0 Å². The summed E-state index contributed by atoms with van der Waals surface area (Å²) in [5.41, 5.74) is 0. The first-order chi connectivity index (χ1) is 5.66. The van der Waals surface area contributed by atoms with Crippen LogP contribution in [0.2, 0.25) is 0 Å². The van der Waals surface area contributed by atoms with Crippen molar-refractivity contribution in [2.24, 2.45) is 5.92 Å². The van der Waals surface area contributed by atoms with E-state index in [9.17, 15) is 4.79 Å². The zero-order valence-corrected chi connectivity index (χ0v) is 8.86. The molecule has 1 nitrogen and oxygen atoms in total. The highest BCUT2D eigenvalue weighted by atomic mass is 35.5. The first-order valence-corrected chi connectivity index (χ1v) is 5.23. The molecule has 0 bridgehead atoms. The van der Waals surface area contributed by atoms with Gasteiger partial charge < -0.3 is 0 Å². The van der Waals surface area contributed by atoms with Crippen LogP contribution in [0.15, 0.2) is 0 Å². The van der Waals surface area contributed by atoms with Crippen LogP contribution in [0.3, 0.4) is 0 Å². The number of halogens is 1. The second-order valence-electron chi connectivity index (χ2n) is 3.49. The van der Waals surface area contributed by atoms with E-state index in [0.29, 0.717) is 12.3 Å². The van der Waals surface area contributed by atoms with Crippen LogP contribution in [0.1, 0.15) is 52.4 Å². The van der Waals surface area contributed by atoms with Crippen molar-refractivity contribution < 1.29 is 4.79 Å². The molecule has 2 heteroatoms. The van der Waals surface area contributed by atoms with Crippen LogP contribution < -0.4 is 0 Å². The molecule has 0 N–H and O–H groups in total. The number of carbonyl (C=O) groups is 1. The molecular weight excluding hydrogens is 172 g/mol. The molecule has 0 saturated heterocycles. The molecule has 0 saturated carbocycles. The van der Waals surface area contributed by atoms with Crippen molar-refractivity contribution in [2.75, 3.05) is 0 Å². The monoisotopic (exact) mass is 190 g/mol. The predicted octanol–water partition coefficient (Wildman–Crippen LogP) is 3.75. The molecule has 72 valence electrons. The van der Waals surface area contributed by atoms with Crippen LogP contribution in [0, 0.1) is 5.92 Å². The van der Waals surface area contributed by atoms with E-state index in [4.69, 9.17) is 11.6 Å². The fourth-order valence-electron chi connectivity index (χ4n) is 1.25. The van der Waals surface area contributed by atoms with E-state index in [1.807, 2.05) is 0 Å². The van der Waals surface area contributed by atoms with Crippen LogP contribution >= 0.6 is 11.6 Å². The van der Waals surface area contributed by atoms with Gasteiger partial charge in [-0.3, -0.25) is 4.79 Å². The maximum Gasteiger partial charge on any atom is 0.221 e. The van der Waals surface area contributed by atoms with Crippen molar-refractivity contribution in [3.63, 3.8) is 0 Å². The number of carbonyl (C=O) groups excluding carboxylic acids is 1. The third kappa shape index (κ3) is 8.06. The van der Waals surface area contributed by atoms with E-state index in [-0.39, 0.29) is 5.24 Å². The van der Waals surface area contributed by atoms with Gasteiger partial charge in [0.25, 0.3) is 0 Å². The Kier molecular flexibility index (Phi) is 7.58. The fourth-order valence-corrected chi connectivity index (χ4v) is 1.36. The molecule has 0 aromatic carbocycles. The lowest BCUT2D eigenvalue weighted by Crippen LogP contribution is -1.97. The summed E-state index contributed by atoms with van der Waals surface area (Å²) in [4.78, 5) is 10.4. The molecular formula is C10H19ClO. The van der Waals surface area contributed by atoms with Gasteiger partial charge in [0.1, 0.15) is 0 Å². The molecule has 0 aliphatic carbocycles. The summed E-state index contributed by atoms with van der Waals surface area (Å²) < 4.78 is 0. The number of rotatable bonds is 7. The Labute approximate surface area is 80.5 Å². The molecule has 0 aromatic heterocycles. The zero-order chi connectivity index (χ0) is 9.40. The maximum atomic E-state index is 10.4. The maximum absolute atomic E-state index is 10.4. The molecule has 0 rings (SSSR count). The number of hydrogen-bond donors (Lipinski definition) is 0. The third-order valence-electron chi connectivity index (χ3n) is 2.13. The Hall–Kier alpha value is -0.0400. The van der Waals surface area contributed by atoms with E-state index in [1.54, 1.807) is 0 Å². The second kappa shape index (κ2) is 7.60. The molecule has 0 aliphatic heterocycles. The predicted molar refractivity (Wildman–Crippen MR) is 53.4 cm³/mol. The minimum absolute atomic E-state index is 0.197. The van der Waals surface area contributed by atoms with E-state index < -0.39 is 0 Å². The Morgan fingerprint density at radius 1 is 1.33 bits per heavy atom. The molecule has 0 fully saturated rings. The van der Waals surface area contributed by atoms with Crippen molar-refractivity contribution >= 4 is 16.8 Å². The van der Waals surface area contributed by atoms with E-state index in [0.717, 1.165) is 6.42 Å². The lowest BCUT2D eigenvalue weighted by molar-refractivity contribution is -0.111. The van der Waals surface area contributed by atoms with Crippen molar-refractivity contribution in [1.82, 2.24) is 0 Å². The summed E-state index contributed by atoms with van der Waals surface area (Å²) in [5.74, 6) is 0.652. The van der Waals surface area contributed by atoms with Crippen LogP contribution in [-0.2, 0) is 4.79 Å². The molecule has 0 spiro atoms. The quantitative estimate of drug-likeness (QED) is 0.442. The summed E-state index contributed by atoms with van der Waals surface area (Å²) in [6.07, 6.45) is 6.58. The van der Waals surface area contributed by atoms with Gasteiger partial charge >= 0.3 is 0 Å². The van der Waals surface area contributed by atoms with Crippen LogP contribution in [0.5, 0.6) is 0 Å². The molecule has 0 aromatic rings. The highest BCUT2D eigenvalue weighted by molar-refractivity contribution is 6.63. The lowest BCUT2D eigenvalue weighted by Gasteiger charge is -2.08. The minimum atomic E-state index is -0.197. The van der Waals surface area contributed by atoms with Crippen LogP contribution in [0.4, 0.5) is 0 Å². The Morgan fingerprint density at radius 2 is 2.00 bits per heavy atom. The summed E-state index contributed by atoms with van der Waals surface area (Å²) in [6, 6.07) is 0. The SMILES string of the molecule is CCCCC[C@H](C)CCC(=O)Cl. The molecule has 12 heavy (non-hydrogen) atoms. The van der Waals surface area contributed by atoms with Gasteiger partial charge in [0.05, 0.1) is 0 Å². The van der Waals surface area contributed by atoms with Gasteiger partial charge in [-0.25, -0.2) is 0 Å². The summed E-state index contributed by atoms with van der Waals surface area (Å²) in [5, 5.41) is -0.197. The second-order valence-corrected chi connectivity index (χ2v) is 3.92. The highest BCUT2D eigenvalue weighted by Crippen LogP contribution is 2.15. The summed E-state index contributed by atoms with van der Waals surface area (Å²) in [6.45, 7) is 4.39. The van der Waals surface area contributed by atoms with Gasteiger partial charge in [-0.1, -0.05) is 39.5 Å². The zero-order valence-electron chi connectivity index (χ0n) is 8.11. The van der Waals surface area contributed by atoms with Crippen LogP contribution in [0.25, 0.3) is 0 Å². The van der Waals surface area contributed by atoms with Gasteiger partial charge in [-0.05, 0) is 23.9 Å². The number of hydrogen-bond acceptors (Lipinski definition) is 1. The Morgan fingerprint density at radius 3 is 2.50 bits per heavy atom. The van der Waals surface area contributed by atoms with Crippen LogP contribution in [-0.4, -0.2) is 5.24 Å². The normalized spacial score (nSPS) is 12.9. The van der Waals surface area contributed by atoms with E-state index in [1.165, 1.54) is 25.7 Å². The number of unbranched alkanes of at least 4 members (excludes halogenated alkanes) is 2. The third-order valence-corrected chi connectivity index (χ3v) is 2.32. The van der Waals surface area contributed by atoms with E-state index >= 15 is 0 Å². The summed E-state index contributed by atoms with van der Waals surface area (Å²) >= 11 is 5.24. The van der Waals surface area contributed by atoms with Crippen molar-refractivity contribution in [3.05, 3.63) is 0 Å². The molecule has 0 amide bonds. The Bertz CT molecular complexity index is 123. The van der Waals surface area contributed by atoms with Gasteiger partial charge in [-0.2, -0.15) is 0 Å². The molecule has 0 unspecified atom stereocenters. The van der Waals surface area contributed by atoms with Gasteiger partial charge in [0.15, 0.2) is 0 Å². The Balaban J connectivity index is 3.21. The van der Waals surface area contributed by atoms with Gasteiger partial charge in [0.2, 0.25) is 5.24 Å². The van der Waals surface area contributed by atoms with Crippen molar-refractivity contribution in [1.29, 1.82) is 0 Å². The molecule has 0 heterocycles. The van der Waals surface area contributed by atoms with E-state index in [2.05, 4.69) is 13.8 Å². The molecule has 0 radical (unpaired) electrons.